The molecule has 0 aliphatic carbocycles. The number of carbonyl (C=O) groups excluding carboxylic acids is 1. The number of hydrogen-bond donors (Lipinski definition) is 1. The maximum absolute atomic E-state index is 13.1. The lowest BCUT2D eigenvalue weighted by molar-refractivity contribution is -0.110. The Hall–Kier alpha value is -2.91. The summed E-state index contributed by atoms with van der Waals surface area (Å²) < 4.78 is 27.8. The van der Waals surface area contributed by atoms with Crippen LogP contribution in [0.25, 0.3) is 0 Å². The van der Waals surface area contributed by atoms with E-state index in [0.29, 0.717) is 30.9 Å². The van der Waals surface area contributed by atoms with Crippen molar-refractivity contribution in [3.63, 3.8) is 0 Å². The Bertz CT molecular complexity index is 1110. The highest BCUT2D eigenvalue weighted by Crippen LogP contribution is 2.31. The molecule has 0 saturated carbocycles. The lowest BCUT2D eigenvalue weighted by Crippen LogP contribution is -2.35. The molecule has 2 aromatic rings. The normalized spacial score (nSPS) is 19.2. The molecule has 170 valence electrons. The van der Waals surface area contributed by atoms with E-state index in [2.05, 4.69) is 10.5 Å². The monoisotopic (exact) mass is 456 g/mol. The van der Waals surface area contributed by atoms with Gasteiger partial charge in [0.25, 0.3) is 5.91 Å². The second kappa shape index (κ2) is 9.30. The van der Waals surface area contributed by atoms with E-state index in [1.165, 1.54) is 10.4 Å². The number of piperidine rings is 1. The highest BCUT2D eigenvalue weighted by Gasteiger charge is 2.29. The zero-order valence-corrected chi connectivity index (χ0v) is 19.1. The first-order valence-electron chi connectivity index (χ1n) is 10.8. The minimum atomic E-state index is -3.62. The standard InChI is InChI=1S/C23H28N4O4S/c1-26(2)21-12-11-18(32(29,30)27-13-7-4-8-14-27)15-19(21)24-23(28)20-16-22(31-25-20)17-9-5-3-6-10-17/h3,5-6,9-12,15,22H,4,7-8,13-14,16H2,1-2H3,(H,24,28). The van der Waals surface area contributed by atoms with Crippen molar-refractivity contribution in [1.82, 2.24) is 4.31 Å². The van der Waals surface area contributed by atoms with Gasteiger partial charge in [0.2, 0.25) is 10.0 Å². The molecule has 1 atom stereocenters. The van der Waals surface area contributed by atoms with Crippen molar-refractivity contribution in [3.8, 4) is 0 Å². The second-order valence-electron chi connectivity index (χ2n) is 8.24. The Kier molecular flexibility index (Phi) is 6.48. The maximum Gasteiger partial charge on any atom is 0.273 e. The Balaban J connectivity index is 1.54. The van der Waals surface area contributed by atoms with E-state index in [-0.39, 0.29) is 16.7 Å². The summed E-state index contributed by atoms with van der Waals surface area (Å²) in [6.07, 6.45) is 2.80. The van der Waals surface area contributed by atoms with Gasteiger partial charge in [-0.05, 0) is 36.6 Å². The van der Waals surface area contributed by atoms with Gasteiger partial charge in [-0.15, -0.1) is 0 Å². The molecule has 2 aliphatic heterocycles. The fraction of sp³-hybridized carbons (Fsp3) is 0.391. The van der Waals surface area contributed by atoms with Gasteiger partial charge < -0.3 is 15.1 Å². The smallest absolute Gasteiger partial charge is 0.273 e. The van der Waals surface area contributed by atoms with Gasteiger partial charge in [-0.1, -0.05) is 41.9 Å². The number of nitrogens with one attached hydrogen (secondary N) is 1. The zero-order chi connectivity index (χ0) is 22.7. The molecule has 1 fully saturated rings. The number of anilines is 2. The summed E-state index contributed by atoms with van der Waals surface area (Å²) in [7, 11) is 0.0594. The molecule has 0 aromatic heterocycles. The summed E-state index contributed by atoms with van der Waals surface area (Å²) >= 11 is 0. The molecule has 4 rings (SSSR count). The predicted molar refractivity (Wildman–Crippen MR) is 124 cm³/mol. The van der Waals surface area contributed by atoms with Crippen LogP contribution in [-0.2, 0) is 19.7 Å². The number of carbonyl (C=O) groups is 1. The number of hydrogen-bond acceptors (Lipinski definition) is 6. The van der Waals surface area contributed by atoms with Crippen LogP contribution in [-0.4, -0.2) is 51.5 Å². The van der Waals surface area contributed by atoms with Crippen LogP contribution < -0.4 is 10.2 Å². The third-order valence-electron chi connectivity index (χ3n) is 5.75. The Morgan fingerprint density at radius 3 is 2.50 bits per heavy atom. The highest BCUT2D eigenvalue weighted by atomic mass is 32.2. The van der Waals surface area contributed by atoms with E-state index in [1.54, 1.807) is 12.1 Å². The first-order valence-corrected chi connectivity index (χ1v) is 12.2. The number of sulfonamides is 1. The van der Waals surface area contributed by atoms with Gasteiger partial charge in [0.05, 0.1) is 16.3 Å². The van der Waals surface area contributed by atoms with Crippen LogP contribution >= 0.6 is 0 Å². The molecule has 1 unspecified atom stereocenters. The molecular formula is C23H28N4O4S. The first-order chi connectivity index (χ1) is 15.4. The van der Waals surface area contributed by atoms with Gasteiger partial charge in [-0.25, -0.2) is 8.42 Å². The lowest BCUT2D eigenvalue weighted by Gasteiger charge is -2.26. The Labute approximate surface area is 188 Å². The van der Waals surface area contributed by atoms with Crippen molar-refractivity contribution in [2.24, 2.45) is 5.16 Å². The van der Waals surface area contributed by atoms with Crippen LogP contribution in [0.15, 0.2) is 58.6 Å². The van der Waals surface area contributed by atoms with Gasteiger partial charge in [0.1, 0.15) is 5.71 Å². The molecule has 0 spiro atoms. The van der Waals surface area contributed by atoms with E-state index in [1.807, 2.05) is 49.3 Å². The lowest BCUT2D eigenvalue weighted by atomic mass is 10.0. The maximum atomic E-state index is 13.1. The van der Waals surface area contributed by atoms with E-state index in [9.17, 15) is 13.2 Å². The van der Waals surface area contributed by atoms with Gasteiger partial charge in [-0.2, -0.15) is 4.31 Å². The van der Waals surface area contributed by atoms with Crippen molar-refractivity contribution in [2.75, 3.05) is 37.4 Å². The van der Waals surface area contributed by atoms with Crippen LogP contribution in [0.5, 0.6) is 0 Å². The SMILES string of the molecule is CN(C)c1ccc(S(=O)(=O)N2CCCCC2)cc1NC(=O)C1=NOC(c2ccccc2)C1. The second-order valence-corrected chi connectivity index (χ2v) is 10.2. The average Bonchev–Trinajstić information content (AvgIpc) is 3.31. The zero-order valence-electron chi connectivity index (χ0n) is 18.3. The van der Waals surface area contributed by atoms with Crippen molar-refractivity contribution in [1.29, 1.82) is 0 Å². The minimum absolute atomic E-state index is 0.173. The molecule has 1 amide bonds. The van der Waals surface area contributed by atoms with E-state index in [4.69, 9.17) is 4.84 Å². The summed E-state index contributed by atoms with van der Waals surface area (Å²) in [5, 5.41) is 6.82. The van der Waals surface area contributed by atoms with Crippen LogP contribution in [0.3, 0.4) is 0 Å². The topological polar surface area (TPSA) is 91.3 Å². The number of amides is 1. The molecule has 0 bridgehead atoms. The van der Waals surface area contributed by atoms with Gasteiger partial charge in [0.15, 0.2) is 6.10 Å². The third kappa shape index (κ3) is 4.63. The molecule has 32 heavy (non-hydrogen) atoms. The average molecular weight is 457 g/mol. The molecule has 2 aliphatic rings. The van der Waals surface area contributed by atoms with E-state index in [0.717, 1.165) is 24.8 Å². The Morgan fingerprint density at radius 1 is 1.09 bits per heavy atom. The van der Waals surface area contributed by atoms with Gasteiger partial charge in [-0.3, -0.25) is 4.79 Å². The molecule has 2 aromatic carbocycles. The highest BCUT2D eigenvalue weighted by molar-refractivity contribution is 7.89. The minimum Gasteiger partial charge on any atom is -0.387 e. The number of benzene rings is 2. The van der Waals surface area contributed by atoms with Crippen LogP contribution in [0.2, 0.25) is 0 Å². The van der Waals surface area contributed by atoms with Crippen molar-refractivity contribution in [2.45, 2.75) is 36.7 Å². The van der Waals surface area contributed by atoms with Gasteiger partial charge >= 0.3 is 0 Å². The van der Waals surface area contributed by atoms with Crippen molar-refractivity contribution >= 4 is 33.0 Å². The first kappa shape index (κ1) is 22.3. The van der Waals surface area contributed by atoms with Crippen LogP contribution in [0.4, 0.5) is 11.4 Å². The molecule has 2 heterocycles. The van der Waals surface area contributed by atoms with Crippen molar-refractivity contribution < 1.29 is 18.0 Å². The number of oxime groups is 1. The Morgan fingerprint density at radius 2 is 1.81 bits per heavy atom. The molecule has 9 heteroatoms. The largest absolute Gasteiger partial charge is 0.387 e. The van der Waals surface area contributed by atoms with E-state index < -0.39 is 15.9 Å². The molecular weight excluding hydrogens is 428 g/mol. The fourth-order valence-electron chi connectivity index (χ4n) is 3.97. The molecule has 1 N–H and O–H groups in total. The van der Waals surface area contributed by atoms with Gasteiger partial charge in [0, 0.05) is 33.6 Å². The number of nitrogens with zero attached hydrogens (tertiary/aromatic N) is 3. The van der Waals surface area contributed by atoms with Crippen molar-refractivity contribution in [3.05, 3.63) is 54.1 Å². The molecule has 1 saturated heterocycles. The summed E-state index contributed by atoms with van der Waals surface area (Å²) in [6, 6.07) is 14.4. The summed E-state index contributed by atoms with van der Waals surface area (Å²) in [4.78, 5) is 20.4. The quantitative estimate of drug-likeness (QED) is 0.720. The van der Waals surface area contributed by atoms with Crippen LogP contribution in [0, 0.1) is 0 Å². The fourth-order valence-corrected chi connectivity index (χ4v) is 5.52. The van der Waals surface area contributed by atoms with E-state index >= 15 is 0 Å². The number of rotatable bonds is 6. The predicted octanol–water partition coefficient (Wildman–Crippen LogP) is 3.38. The molecule has 0 radical (unpaired) electrons. The summed E-state index contributed by atoms with van der Waals surface area (Å²) in [6.45, 7) is 1.04. The summed E-state index contributed by atoms with van der Waals surface area (Å²) in [5.41, 5.74) is 2.34. The summed E-state index contributed by atoms with van der Waals surface area (Å²) in [5.74, 6) is -0.404. The molecule has 8 nitrogen and oxygen atoms in total. The van der Waals surface area contributed by atoms with Crippen LogP contribution in [0.1, 0.15) is 37.4 Å². The third-order valence-corrected chi connectivity index (χ3v) is 7.65.